The molecular formula is C13H19N2O+. The van der Waals surface area contributed by atoms with E-state index in [0.717, 1.165) is 24.4 Å². The molecule has 1 aromatic carbocycles. The fraction of sp³-hybridized carbons (Fsp3) is 0.462. The molecule has 1 heterocycles. The molecule has 0 fully saturated rings. The maximum Gasteiger partial charge on any atom is 0.247 e. The number of hydrogen-bond acceptors (Lipinski definition) is 2. The van der Waals surface area contributed by atoms with E-state index in [0.29, 0.717) is 0 Å². The lowest BCUT2D eigenvalue weighted by Gasteiger charge is -2.02. The van der Waals surface area contributed by atoms with E-state index in [9.17, 15) is 0 Å². The molecule has 86 valence electrons. The van der Waals surface area contributed by atoms with Gasteiger partial charge in [-0.15, -0.1) is 0 Å². The van der Waals surface area contributed by atoms with Crippen molar-refractivity contribution in [2.24, 2.45) is 0 Å². The van der Waals surface area contributed by atoms with E-state index >= 15 is 0 Å². The summed E-state index contributed by atoms with van der Waals surface area (Å²) < 4.78 is 5.13. The summed E-state index contributed by atoms with van der Waals surface area (Å²) in [6, 6.07) is 8.02. The highest BCUT2D eigenvalue weighted by molar-refractivity contribution is 5.91. The molecule has 0 atom stereocenters. The fourth-order valence-electron chi connectivity index (χ4n) is 1.89. The predicted molar refractivity (Wildman–Crippen MR) is 65.9 cm³/mol. The van der Waals surface area contributed by atoms with Crippen molar-refractivity contribution >= 4 is 11.5 Å². The molecule has 0 spiro atoms. The third-order valence-corrected chi connectivity index (χ3v) is 2.83. The summed E-state index contributed by atoms with van der Waals surface area (Å²) in [4.78, 5) is 3.43. The second-order valence-electron chi connectivity index (χ2n) is 4.07. The number of hydrogen-bond donors (Lipinski definition) is 2. The molecule has 1 aliphatic rings. The van der Waals surface area contributed by atoms with Gasteiger partial charge < -0.3 is 4.74 Å². The van der Waals surface area contributed by atoms with Gasteiger partial charge >= 0.3 is 0 Å². The lowest BCUT2D eigenvalue weighted by molar-refractivity contribution is -0.457. The van der Waals surface area contributed by atoms with Gasteiger partial charge in [-0.25, -0.2) is 5.32 Å². The van der Waals surface area contributed by atoms with Crippen LogP contribution in [0.25, 0.3) is 0 Å². The van der Waals surface area contributed by atoms with Crippen LogP contribution in [0.3, 0.4) is 0 Å². The average Bonchev–Trinajstić information content (AvgIpc) is 2.59. The molecule has 3 nitrogen and oxygen atoms in total. The molecule has 0 amide bonds. The number of amidine groups is 1. The van der Waals surface area contributed by atoms with E-state index < -0.39 is 0 Å². The van der Waals surface area contributed by atoms with E-state index in [1.165, 1.54) is 25.1 Å². The van der Waals surface area contributed by atoms with Crippen molar-refractivity contribution in [2.45, 2.75) is 25.7 Å². The lowest BCUT2D eigenvalue weighted by atomic mass is 10.2. The molecule has 0 aromatic heterocycles. The van der Waals surface area contributed by atoms with Crippen LogP contribution in [0.1, 0.15) is 25.7 Å². The smallest absolute Gasteiger partial charge is 0.247 e. The van der Waals surface area contributed by atoms with Gasteiger partial charge in [0.1, 0.15) is 11.4 Å². The van der Waals surface area contributed by atoms with E-state index in [2.05, 4.69) is 10.3 Å². The van der Waals surface area contributed by atoms with E-state index in [4.69, 9.17) is 4.74 Å². The van der Waals surface area contributed by atoms with Crippen molar-refractivity contribution < 1.29 is 9.73 Å². The summed E-state index contributed by atoms with van der Waals surface area (Å²) in [6.07, 6.45) is 4.98. The summed E-state index contributed by atoms with van der Waals surface area (Å²) in [6.45, 7) is 1.08. The molecule has 0 radical (unpaired) electrons. The topological polar surface area (TPSA) is 35.2 Å². The van der Waals surface area contributed by atoms with Gasteiger partial charge in [0.2, 0.25) is 5.84 Å². The van der Waals surface area contributed by atoms with Crippen molar-refractivity contribution in [3.8, 4) is 5.75 Å². The molecule has 0 aliphatic carbocycles. The van der Waals surface area contributed by atoms with Gasteiger partial charge in [0.05, 0.1) is 13.7 Å². The molecule has 0 unspecified atom stereocenters. The molecule has 1 aliphatic heterocycles. The average molecular weight is 219 g/mol. The Morgan fingerprint density at radius 1 is 1.12 bits per heavy atom. The van der Waals surface area contributed by atoms with E-state index in [1.807, 2.05) is 24.3 Å². The molecule has 0 bridgehead atoms. The Morgan fingerprint density at radius 2 is 1.94 bits per heavy atom. The Bertz CT molecular complexity index is 357. The van der Waals surface area contributed by atoms with Gasteiger partial charge in [0.15, 0.2) is 0 Å². The summed E-state index contributed by atoms with van der Waals surface area (Å²) in [5.74, 6) is 2.13. The first kappa shape index (κ1) is 11.0. The lowest BCUT2D eigenvalue weighted by Crippen LogP contribution is -2.74. The number of rotatable bonds is 2. The van der Waals surface area contributed by atoms with Crippen LogP contribution in [0.5, 0.6) is 5.75 Å². The van der Waals surface area contributed by atoms with Crippen LogP contribution in [0, 0.1) is 0 Å². The summed E-state index contributed by atoms with van der Waals surface area (Å²) in [5, 5.41) is 3.42. The molecule has 0 saturated carbocycles. The Labute approximate surface area is 96.5 Å². The van der Waals surface area contributed by atoms with Crippen molar-refractivity contribution in [1.82, 2.24) is 0 Å². The molecule has 1 aromatic rings. The number of anilines is 1. The summed E-state index contributed by atoms with van der Waals surface area (Å²) in [7, 11) is 1.68. The predicted octanol–water partition coefficient (Wildman–Crippen LogP) is 1.16. The van der Waals surface area contributed by atoms with Gasteiger partial charge in [0, 0.05) is 6.42 Å². The second-order valence-corrected chi connectivity index (χ2v) is 4.07. The van der Waals surface area contributed by atoms with Gasteiger partial charge in [0.25, 0.3) is 0 Å². The molecule has 3 heteroatoms. The number of nitrogens with one attached hydrogen (secondary N) is 2. The standard InChI is InChI=1S/C13H18N2O/c1-16-12-8-6-11(7-9-12)15-13-5-3-2-4-10-14-13/h6-9H,2-5,10H2,1H3,(H,14,15)/p+1. The quantitative estimate of drug-likeness (QED) is 0.783. The maximum atomic E-state index is 5.13. The molecular weight excluding hydrogens is 200 g/mol. The van der Waals surface area contributed by atoms with Crippen molar-refractivity contribution in [3.63, 3.8) is 0 Å². The molecule has 16 heavy (non-hydrogen) atoms. The van der Waals surface area contributed by atoms with Crippen molar-refractivity contribution in [2.75, 3.05) is 19.0 Å². The van der Waals surface area contributed by atoms with Crippen LogP contribution >= 0.6 is 0 Å². The second kappa shape index (κ2) is 5.54. The number of benzene rings is 1. The first-order chi connectivity index (χ1) is 7.88. The Kier molecular flexibility index (Phi) is 3.81. The minimum atomic E-state index is 0.893. The molecule has 2 N–H and O–H groups in total. The molecule has 0 saturated heterocycles. The highest BCUT2D eigenvalue weighted by Gasteiger charge is 2.10. The molecule has 2 rings (SSSR count). The van der Waals surface area contributed by atoms with E-state index in [-0.39, 0.29) is 0 Å². The zero-order chi connectivity index (χ0) is 11.2. The van der Waals surface area contributed by atoms with Crippen molar-refractivity contribution in [1.29, 1.82) is 0 Å². The normalized spacial score (nSPS) is 16.2. The van der Waals surface area contributed by atoms with Crippen LogP contribution in [0.15, 0.2) is 24.3 Å². The van der Waals surface area contributed by atoms with Gasteiger partial charge in [-0.05, 0) is 43.5 Å². The zero-order valence-corrected chi connectivity index (χ0v) is 9.75. The van der Waals surface area contributed by atoms with E-state index in [1.54, 1.807) is 7.11 Å². The van der Waals surface area contributed by atoms with Gasteiger partial charge in [-0.3, -0.25) is 4.99 Å². The minimum absolute atomic E-state index is 0.893. The third kappa shape index (κ3) is 2.99. The zero-order valence-electron chi connectivity index (χ0n) is 9.75. The van der Waals surface area contributed by atoms with Gasteiger partial charge in [-0.1, -0.05) is 0 Å². The fourth-order valence-corrected chi connectivity index (χ4v) is 1.89. The third-order valence-electron chi connectivity index (χ3n) is 2.83. The highest BCUT2D eigenvalue weighted by atomic mass is 16.5. The van der Waals surface area contributed by atoms with Crippen LogP contribution in [0.4, 0.5) is 5.69 Å². The Hall–Kier alpha value is -1.51. The largest absolute Gasteiger partial charge is 0.497 e. The highest BCUT2D eigenvalue weighted by Crippen LogP contribution is 2.15. The van der Waals surface area contributed by atoms with Crippen LogP contribution < -0.4 is 15.0 Å². The first-order valence-corrected chi connectivity index (χ1v) is 5.89. The summed E-state index contributed by atoms with van der Waals surface area (Å²) >= 11 is 0. The Balaban J connectivity index is 1.99. The van der Waals surface area contributed by atoms with Gasteiger partial charge in [-0.2, -0.15) is 0 Å². The first-order valence-electron chi connectivity index (χ1n) is 5.89. The number of methoxy groups -OCH3 is 1. The van der Waals surface area contributed by atoms with Crippen LogP contribution in [-0.4, -0.2) is 19.5 Å². The maximum absolute atomic E-state index is 5.13. The number of ether oxygens (including phenoxy) is 1. The monoisotopic (exact) mass is 219 g/mol. The Morgan fingerprint density at radius 3 is 2.69 bits per heavy atom. The minimum Gasteiger partial charge on any atom is -0.497 e. The van der Waals surface area contributed by atoms with Crippen LogP contribution in [-0.2, 0) is 0 Å². The SMILES string of the molecule is COc1ccc(NC2=[NH+]CCCCC2)cc1. The summed E-state index contributed by atoms with van der Waals surface area (Å²) in [5.41, 5.74) is 1.12. The van der Waals surface area contributed by atoms with Crippen molar-refractivity contribution in [3.05, 3.63) is 24.3 Å². The van der Waals surface area contributed by atoms with Crippen LogP contribution in [0.2, 0.25) is 0 Å².